The fraction of sp³-hybridized carbons (Fsp3) is 0.419. The Morgan fingerprint density at radius 1 is 0.923 bits per heavy atom. The molecule has 1 saturated heterocycles. The molecule has 0 saturated carbocycles. The fourth-order valence-corrected chi connectivity index (χ4v) is 4.76. The van der Waals surface area contributed by atoms with Gasteiger partial charge in [0.05, 0.1) is 19.8 Å². The molecule has 3 amide bonds. The van der Waals surface area contributed by atoms with Gasteiger partial charge in [0.25, 0.3) is 0 Å². The Morgan fingerprint density at radius 2 is 1.67 bits per heavy atom. The van der Waals surface area contributed by atoms with Crippen LogP contribution in [-0.2, 0) is 29.0 Å². The number of amides is 3. The predicted octanol–water partition coefficient (Wildman–Crippen LogP) is 4.94. The zero-order valence-electron chi connectivity index (χ0n) is 23.1. The van der Waals surface area contributed by atoms with Crippen molar-refractivity contribution in [3.05, 3.63) is 89.4 Å². The molecule has 0 aliphatic carbocycles. The summed E-state index contributed by atoms with van der Waals surface area (Å²) < 4.78 is 11.2. The monoisotopic (exact) mass is 532 g/mol. The van der Waals surface area contributed by atoms with E-state index >= 15 is 0 Å². The lowest BCUT2D eigenvalue weighted by Gasteiger charge is -2.30. The topological polar surface area (TPSA) is 78.3 Å². The van der Waals surface area contributed by atoms with Gasteiger partial charge in [-0.1, -0.05) is 55.5 Å². The number of hydrogen-bond acceptors (Lipinski definition) is 5. The van der Waals surface area contributed by atoms with Crippen LogP contribution in [0.4, 0.5) is 10.5 Å². The summed E-state index contributed by atoms with van der Waals surface area (Å²) in [6.45, 7) is 9.28. The van der Waals surface area contributed by atoms with Gasteiger partial charge in [0.1, 0.15) is 18.1 Å². The summed E-state index contributed by atoms with van der Waals surface area (Å²) >= 11 is 0. The van der Waals surface area contributed by atoms with Gasteiger partial charge >= 0.3 is 6.03 Å². The van der Waals surface area contributed by atoms with Crippen molar-refractivity contribution in [3.63, 3.8) is 0 Å². The molecule has 8 nitrogen and oxygen atoms in total. The van der Waals surface area contributed by atoms with E-state index in [0.717, 1.165) is 74.0 Å². The first-order valence-electron chi connectivity index (χ1n) is 13.8. The first-order chi connectivity index (χ1) is 19.0. The maximum Gasteiger partial charge on any atom is 0.322 e. The molecule has 0 spiro atoms. The molecular formula is C31H40N4O4. The van der Waals surface area contributed by atoms with Crippen LogP contribution in [0.25, 0.3) is 0 Å². The molecule has 0 atom stereocenters. The SMILES string of the molecule is CCc1ccccc1NC(=O)N(CCCN1CCOCC1)CC(=O)N(Cc1ccccc1)Cc1ccc(C)o1. The predicted molar refractivity (Wildman–Crippen MR) is 152 cm³/mol. The largest absolute Gasteiger partial charge is 0.464 e. The van der Waals surface area contributed by atoms with Gasteiger partial charge in [-0.3, -0.25) is 9.69 Å². The quantitative estimate of drug-likeness (QED) is 0.358. The Kier molecular flexibility index (Phi) is 10.6. The number of nitrogens with zero attached hydrogens (tertiary/aromatic N) is 3. The second-order valence-electron chi connectivity index (χ2n) is 9.92. The van der Waals surface area contributed by atoms with Crippen LogP contribution < -0.4 is 5.32 Å². The summed E-state index contributed by atoms with van der Waals surface area (Å²) in [6.07, 6.45) is 1.58. The normalized spacial score (nSPS) is 13.7. The van der Waals surface area contributed by atoms with Crippen molar-refractivity contribution >= 4 is 17.6 Å². The highest BCUT2D eigenvalue weighted by Crippen LogP contribution is 2.17. The third-order valence-corrected chi connectivity index (χ3v) is 6.97. The molecule has 0 radical (unpaired) electrons. The number of nitrogens with one attached hydrogen (secondary N) is 1. The summed E-state index contributed by atoms with van der Waals surface area (Å²) in [5, 5.41) is 3.06. The average molecular weight is 533 g/mol. The summed E-state index contributed by atoms with van der Waals surface area (Å²) in [7, 11) is 0. The van der Waals surface area contributed by atoms with E-state index in [1.54, 1.807) is 9.80 Å². The molecule has 8 heteroatoms. The number of benzene rings is 2. The van der Waals surface area contributed by atoms with Crippen LogP contribution in [0.1, 0.15) is 36.0 Å². The molecule has 39 heavy (non-hydrogen) atoms. The van der Waals surface area contributed by atoms with E-state index in [4.69, 9.17) is 9.15 Å². The molecule has 1 N–H and O–H groups in total. The van der Waals surface area contributed by atoms with Gasteiger partial charge in [-0.05, 0) is 49.1 Å². The third kappa shape index (κ3) is 8.70. The van der Waals surface area contributed by atoms with Gasteiger partial charge in [-0.25, -0.2) is 4.79 Å². The first kappa shape index (κ1) is 28.4. The molecule has 0 bridgehead atoms. The van der Waals surface area contributed by atoms with Gasteiger partial charge in [0.2, 0.25) is 5.91 Å². The van der Waals surface area contributed by atoms with Gasteiger partial charge in [0, 0.05) is 38.4 Å². The Hall–Kier alpha value is -3.62. The zero-order valence-corrected chi connectivity index (χ0v) is 23.1. The number of rotatable bonds is 12. The lowest BCUT2D eigenvalue weighted by molar-refractivity contribution is -0.133. The van der Waals surface area contributed by atoms with Gasteiger partial charge in [-0.2, -0.15) is 0 Å². The van der Waals surface area contributed by atoms with Crippen molar-refractivity contribution < 1.29 is 18.7 Å². The van der Waals surface area contributed by atoms with Crippen molar-refractivity contribution in [2.24, 2.45) is 0 Å². The Balaban J connectivity index is 1.48. The van der Waals surface area contributed by atoms with Crippen molar-refractivity contribution in [3.8, 4) is 0 Å². The smallest absolute Gasteiger partial charge is 0.322 e. The Morgan fingerprint density at radius 3 is 2.38 bits per heavy atom. The molecule has 2 aromatic carbocycles. The van der Waals surface area contributed by atoms with Crippen LogP contribution in [0.5, 0.6) is 0 Å². The standard InChI is InChI=1S/C31H40N4O4/c1-3-27-12-7-8-13-29(27)32-31(37)34(17-9-16-33-18-20-38-21-19-33)24-30(36)35(22-26-10-5-4-6-11-26)23-28-15-14-25(2)39-28/h4-8,10-15H,3,9,16-24H2,1-2H3,(H,32,37). The van der Waals surface area contributed by atoms with Crippen molar-refractivity contribution in [1.29, 1.82) is 0 Å². The lowest BCUT2D eigenvalue weighted by atomic mass is 10.1. The number of para-hydroxylation sites is 1. The van der Waals surface area contributed by atoms with Crippen molar-refractivity contribution in [2.75, 3.05) is 51.3 Å². The maximum absolute atomic E-state index is 13.7. The van der Waals surface area contributed by atoms with Crippen molar-refractivity contribution in [1.82, 2.24) is 14.7 Å². The minimum Gasteiger partial charge on any atom is -0.464 e. The summed E-state index contributed by atoms with van der Waals surface area (Å²) in [4.78, 5) is 33.0. The minimum absolute atomic E-state index is 0.0181. The van der Waals surface area contributed by atoms with E-state index in [2.05, 4.69) is 17.1 Å². The molecule has 3 aromatic rings. The van der Waals surface area contributed by atoms with E-state index in [1.807, 2.05) is 73.7 Å². The van der Waals surface area contributed by atoms with Crippen molar-refractivity contribution in [2.45, 2.75) is 39.8 Å². The highest BCUT2D eigenvalue weighted by atomic mass is 16.5. The number of anilines is 1. The van der Waals surface area contributed by atoms with E-state index in [1.165, 1.54) is 0 Å². The summed E-state index contributed by atoms with van der Waals surface area (Å²) in [6, 6.07) is 21.2. The Bertz CT molecular complexity index is 1190. The number of carbonyl (C=O) groups excluding carboxylic acids is 2. The number of carbonyl (C=O) groups is 2. The van der Waals surface area contributed by atoms with Gasteiger partial charge in [0.15, 0.2) is 0 Å². The second-order valence-corrected chi connectivity index (χ2v) is 9.92. The van der Waals surface area contributed by atoms with E-state index in [-0.39, 0.29) is 18.5 Å². The minimum atomic E-state index is -0.264. The van der Waals surface area contributed by atoms with Crippen LogP contribution in [0.2, 0.25) is 0 Å². The van der Waals surface area contributed by atoms with Gasteiger partial charge in [-0.15, -0.1) is 0 Å². The van der Waals surface area contributed by atoms with E-state index in [0.29, 0.717) is 19.6 Å². The molecule has 208 valence electrons. The molecule has 1 aromatic heterocycles. The van der Waals surface area contributed by atoms with Crippen LogP contribution in [0.15, 0.2) is 71.1 Å². The zero-order chi connectivity index (χ0) is 27.5. The van der Waals surface area contributed by atoms with Crippen LogP contribution in [0.3, 0.4) is 0 Å². The van der Waals surface area contributed by atoms with E-state index < -0.39 is 0 Å². The molecule has 4 rings (SSSR count). The molecular weight excluding hydrogens is 492 g/mol. The molecule has 0 unspecified atom stereocenters. The number of morpholine rings is 1. The fourth-order valence-electron chi connectivity index (χ4n) is 4.76. The van der Waals surface area contributed by atoms with Gasteiger partial charge < -0.3 is 24.3 Å². The summed E-state index contributed by atoms with van der Waals surface area (Å²) in [5.41, 5.74) is 2.86. The molecule has 1 aliphatic rings. The number of ether oxygens (including phenoxy) is 1. The van der Waals surface area contributed by atoms with Crippen LogP contribution >= 0.6 is 0 Å². The molecule has 1 aliphatic heterocycles. The van der Waals surface area contributed by atoms with Crippen LogP contribution in [0, 0.1) is 6.92 Å². The number of aryl methyl sites for hydroxylation is 2. The average Bonchev–Trinajstić information content (AvgIpc) is 3.37. The first-order valence-corrected chi connectivity index (χ1v) is 13.8. The van der Waals surface area contributed by atoms with Crippen LogP contribution in [-0.4, -0.2) is 72.6 Å². The van der Waals surface area contributed by atoms with E-state index in [9.17, 15) is 9.59 Å². The Labute approximate surface area is 231 Å². The highest BCUT2D eigenvalue weighted by Gasteiger charge is 2.23. The highest BCUT2D eigenvalue weighted by molar-refractivity contribution is 5.93. The number of hydrogen-bond donors (Lipinski definition) is 1. The second kappa shape index (κ2) is 14.5. The third-order valence-electron chi connectivity index (χ3n) is 6.97. The number of furan rings is 1. The summed E-state index contributed by atoms with van der Waals surface area (Å²) in [5.74, 6) is 1.39. The maximum atomic E-state index is 13.7. The lowest BCUT2D eigenvalue weighted by Crippen LogP contribution is -2.45. The molecule has 1 fully saturated rings. The molecule has 2 heterocycles. The number of urea groups is 1.